The summed E-state index contributed by atoms with van der Waals surface area (Å²) in [6.45, 7) is 0.414. The van der Waals surface area contributed by atoms with Gasteiger partial charge in [-0.1, -0.05) is 6.07 Å². The highest BCUT2D eigenvalue weighted by Gasteiger charge is 2.20. The van der Waals surface area contributed by atoms with Crippen LogP contribution in [0.3, 0.4) is 0 Å². The number of hydrogen-bond donors (Lipinski definition) is 1. The Kier molecular flexibility index (Phi) is 4.53. The van der Waals surface area contributed by atoms with E-state index in [0.29, 0.717) is 12.2 Å². The molecule has 0 aliphatic carbocycles. The molecule has 134 valence electrons. The molecule has 1 amide bonds. The van der Waals surface area contributed by atoms with E-state index in [0.717, 1.165) is 28.2 Å². The molecule has 0 saturated carbocycles. The van der Waals surface area contributed by atoms with Gasteiger partial charge in [-0.15, -0.1) is 0 Å². The van der Waals surface area contributed by atoms with Crippen LogP contribution in [0.25, 0.3) is 16.9 Å². The van der Waals surface area contributed by atoms with E-state index < -0.39 is 0 Å². The summed E-state index contributed by atoms with van der Waals surface area (Å²) in [5.74, 6) is 0.539. The minimum absolute atomic E-state index is 0.221. The van der Waals surface area contributed by atoms with Crippen molar-refractivity contribution in [2.24, 2.45) is 0 Å². The SMILES string of the molecule is COc1ccc(-c2c(C(=O)NCc3ccncc3)nc3ccccn23)cc1. The number of nitrogens with zero attached hydrogens (tertiary/aromatic N) is 3. The van der Waals surface area contributed by atoms with Gasteiger partial charge in [0.1, 0.15) is 11.4 Å². The van der Waals surface area contributed by atoms with Crippen LogP contribution in [-0.2, 0) is 6.54 Å². The third-order valence-corrected chi connectivity index (χ3v) is 4.31. The molecular weight excluding hydrogens is 340 g/mol. The number of ether oxygens (including phenoxy) is 1. The summed E-state index contributed by atoms with van der Waals surface area (Å²) < 4.78 is 7.15. The fourth-order valence-electron chi connectivity index (χ4n) is 2.95. The average Bonchev–Trinajstić information content (AvgIpc) is 3.12. The van der Waals surface area contributed by atoms with Gasteiger partial charge in [0.25, 0.3) is 5.91 Å². The van der Waals surface area contributed by atoms with Crippen LogP contribution in [0.5, 0.6) is 5.75 Å². The standard InChI is InChI=1S/C21H18N4O2/c1-27-17-7-5-16(6-8-17)20-19(24-18-4-2-3-13-25(18)20)21(26)23-14-15-9-11-22-12-10-15/h2-13H,14H2,1H3,(H,23,26). The van der Waals surface area contributed by atoms with E-state index in [1.165, 1.54) is 0 Å². The number of rotatable bonds is 5. The van der Waals surface area contributed by atoms with Crippen LogP contribution in [-0.4, -0.2) is 27.4 Å². The second kappa shape index (κ2) is 7.29. The average molecular weight is 358 g/mol. The van der Waals surface area contributed by atoms with Crippen LogP contribution in [0.15, 0.2) is 73.2 Å². The highest BCUT2D eigenvalue weighted by atomic mass is 16.5. The molecule has 6 nitrogen and oxygen atoms in total. The second-order valence-corrected chi connectivity index (χ2v) is 6.00. The molecule has 0 atom stereocenters. The number of benzene rings is 1. The summed E-state index contributed by atoms with van der Waals surface area (Å²) in [5.41, 5.74) is 3.73. The third kappa shape index (κ3) is 3.37. The number of carbonyl (C=O) groups excluding carboxylic acids is 1. The maximum absolute atomic E-state index is 12.9. The summed E-state index contributed by atoms with van der Waals surface area (Å²) in [6, 6.07) is 17.0. The van der Waals surface area contributed by atoms with Crippen LogP contribution in [0, 0.1) is 0 Å². The summed E-state index contributed by atoms with van der Waals surface area (Å²) in [7, 11) is 1.63. The summed E-state index contributed by atoms with van der Waals surface area (Å²) in [6.07, 6.45) is 5.31. The van der Waals surface area contributed by atoms with Crippen molar-refractivity contribution in [3.63, 3.8) is 0 Å². The molecule has 0 radical (unpaired) electrons. The van der Waals surface area contributed by atoms with Crippen molar-refractivity contribution >= 4 is 11.6 Å². The number of pyridine rings is 2. The number of fused-ring (bicyclic) bond motifs is 1. The summed E-state index contributed by atoms with van der Waals surface area (Å²) in [5, 5.41) is 2.94. The van der Waals surface area contributed by atoms with Crippen LogP contribution in [0.4, 0.5) is 0 Å². The molecule has 1 aromatic carbocycles. The van der Waals surface area contributed by atoms with Crippen molar-refractivity contribution in [3.05, 3.63) is 84.4 Å². The normalized spacial score (nSPS) is 10.7. The maximum Gasteiger partial charge on any atom is 0.272 e. The number of methoxy groups -OCH3 is 1. The minimum atomic E-state index is -0.221. The van der Waals surface area contributed by atoms with Crippen molar-refractivity contribution in [3.8, 4) is 17.0 Å². The first-order valence-corrected chi connectivity index (χ1v) is 8.55. The van der Waals surface area contributed by atoms with Crippen LogP contribution in [0.2, 0.25) is 0 Å². The van der Waals surface area contributed by atoms with Crippen molar-refractivity contribution in [2.75, 3.05) is 7.11 Å². The lowest BCUT2D eigenvalue weighted by atomic mass is 10.1. The molecule has 3 heterocycles. The third-order valence-electron chi connectivity index (χ3n) is 4.31. The van der Waals surface area contributed by atoms with Crippen molar-refractivity contribution in [1.29, 1.82) is 0 Å². The molecule has 0 bridgehead atoms. The molecule has 4 aromatic rings. The number of nitrogens with one attached hydrogen (secondary N) is 1. The fraction of sp³-hybridized carbons (Fsp3) is 0.0952. The molecule has 0 saturated heterocycles. The van der Waals surface area contributed by atoms with Crippen molar-refractivity contribution < 1.29 is 9.53 Å². The van der Waals surface area contributed by atoms with Gasteiger partial charge in [0.15, 0.2) is 5.69 Å². The van der Waals surface area contributed by atoms with Gasteiger partial charge in [0.2, 0.25) is 0 Å². The molecule has 4 rings (SSSR count). The van der Waals surface area contributed by atoms with E-state index in [2.05, 4.69) is 15.3 Å². The van der Waals surface area contributed by atoms with Gasteiger partial charge in [0, 0.05) is 30.7 Å². The van der Waals surface area contributed by atoms with E-state index >= 15 is 0 Å². The Morgan fingerprint density at radius 2 is 1.85 bits per heavy atom. The zero-order chi connectivity index (χ0) is 18.6. The van der Waals surface area contributed by atoms with Gasteiger partial charge in [0.05, 0.1) is 12.8 Å². The molecule has 3 aromatic heterocycles. The molecule has 0 spiro atoms. The van der Waals surface area contributed by atoms with Crippen LogP contribution < -0.4 is 10.1 Å². The highest BCUT2D eigenvalue weighted by Crippen LogP contribution is 2.27. The second-order valence-electron chi connectivity index (χ2n) is 6.00. The fourth-order valence-corrected chi connectivity index (χ4v) is 2.95. The Balaban J connectivity index is 1.72. The Bertz CT molecular complexity index is 1070. The van der Waals surface area contributed by atoms with E-state index in [1.54, 1.807) is 19.5 Å². The smallest absolute Gasteiger partial charge is 0.272 e. The number of carbonyl (C=O) groups is 1. The zero-order valence-corrected chi connectivity index (χ0v) is 14.8. The Morgan fingerprint density at radius 1 is 1.07 bits per heavy atom. The lowest BCUT2D eigenvalue weighted by Gasteiger charge is -2.08. The number of aromatic nitrogens is 3. The lowest BCUT2D eigenvalue weighted by molar-refractivity contribution is 0.0947. The van der Waals surface area contributed by atoms with Gasteiger partial charge >= 0.3 is 0 Å². The molecule has 27 heavy (non-hydrogen) atoms. The number of imidazole rings is 1. The van der Waals surface area contributed by atoms with E-state index in [9.17, 15) is 4.79 Å². The molecule has 0 aliphatic heterocycles. The van der Waals surface area contributed by atoms with Crippen LogP contribution in [0.1, 0.15) is 16.1 Å². The minimum Gasteiger partial charge on any atom is -0.497 e. The van der Waals surface area contributed by atoms with Crippen molar-refractivity contribution in [1.82, 2.24) is 19.7 Å². The first-order chi connectivity index (χ1) is 13.3. The molecule has 6 heteroatoms. The monoisotopic (exact) mass is 358 g/mol. The Morgan fingerprint density at radius 3 is 2.59 bits per heavy atom. The maximum atomic E-state index is 12.9. The summed E-state index contributed by atoms with van der Waals surface area (Å²) >= 11 is 0. The molecule has 0 fully saturated rings. The summed E-state index contributed by atoms with van der Waals surface area (Å²) in [4.78, 5) is 21.4. The first kappa shape index (κ1) is 16.8. The molecule has 0 aliphatic rings. The van der Waals surface area contributed by atoms with Gasteiger partial charge in [-0.2, -0.15) is 0 Å². The Labute approximate surface area is 156 Å². The first-order valence-electron chi connectivity index (χ1n) is 8.55. The molecule has 1 N–H and O–H groups in total. The molecule has 0 unspecified atom stereocenters. The van der Waals surface area contributed by atoms with Gasteiger partial charge in [-0.25, -0.2) is 4.98 Å². The predicted octanol–water partition coefficient (Wildman–Crippen LogP) is 3.33. The lowest BCUT2D eigenvalue weighted by Crippen LogP contribution is -2.23. The highest BCUT2D eigenvalue weighted by molar-refractivity contribution is 5.99. The van der Waals surface area contributed by atoms with E-state index in [4.69, 9.17) is 4.74 Å². The predicted molar refractivity (Wildman–Crippen MR) is 103 cm³/mol. The molecular formula is C21H18N4O2. The number of hydrogen-bond acceptors (Lipinski definition) is 4. The zero-order valence-electron chi connectivity index (χ0n) is 14.8. The van der Waals surface area contributed by atoms with Crippen molar-refractivity contribution in [2.45, 2.75) is 6.54 Å². The van der Waals surface area contributed by atoms with E-state index in [-0.39, 0.29) is 5.91 Å². The quantitative estimate of drug-likeness (QED) is 0.594. The van der Waals surface area contributed by atoms with E-state index in [1.807, 2.05) is 65.2 Å². The Hall–Kier alpha value is -3.67. The number of amides is 1. The van der Waals surface area contributed by atoms with Crippen LogP contribution >= 0.6 is 0 Å². The van der Waals surface area contributed by atoms with Gasteiger partial charge in [-0.05, 0) is 54.1 Å². The largest absolute Gasteiger partial charge is 0.497 e. The van der Waals surface area contributed by atoms with Gasteiger partial charge < -0.3 is 10.1 Å². The van der Waals surface area contributed by atoms with Gasteiger partial charge in [-0.3, -0.25) is 14.2 Å². The topological polar surface area (TPSA) is 68.5 Å².